The zero-order valence-corrected chi connectivity index (χ0v) is 8.37. The van der Waals surface area contributed by atoms with Gasteiger partial charge in [-0.1, -0.05) is 30.3 Å². The molecule has 2 atom stereocenters. The van der Waals surface area contributed by atoms with Crippen LogP contribution in [0, 0.1) is 0 Å². The molecule has 0 saturated carbocycles. The van der Waals surface area contributed by atoms with Gasteiger partial charge in [-0.05, 0) is 12.0 Å². The third kappa shape index (κ3) is 1.97. The minimum absolute atomic E-state index is 0.0830. The fraction of sp³-hybridized carbons (Fsp3) is 0.333. The summed E-state index contributed by atoms with van der Waals surface area (Å²) in [4.78, 5) is 23.3. The Morgan fingerprint density at radius 3 is 2.27 bits per heavy atom. The monoisotopic (exact) mass is 203 g/mol. The number of benzene rings is 1. The molecule has 0 unspecified atom stereocenters. The molecule has 1 aliphatic heterocycles. The van der Waals surface area contributed by atoms with Gasteiger partial charge in [0.05, 0.1) is 12.1 Å². The number of nitrogens with zero attached hydrogens (tertiary/aromatic N) is 1. The molecule has 3 nitrogen and oxygen atoms in total. The SMILES string of the molecule is O=C[C@@H]1C[C@H](C=O)N1Cc1ccccc1. The summed E-state index contributed by atoms with van der Waals surface area (Å²) in [5.41, 5.74) is 1.14. The molecule has 78 valence electrons. The van der Waals surface area contributed by atoms with Crippen molar-refractivity contribution < 1.29 is 9.59 Å². The van der Waals surface area contributed by atoms with E-state index in [9.17, 15) is 9.59 Å². The number of aldehydes is 2. The summed E-state index contributed by atoms with van der Waals surface area (Å²) in [6.07, 6.45) is 2.51. The third-order valence-corrected chi connectivity index (χ3v) is 2.86. The van der Waals surface area contributed by atoms with Gasteiger partial charge in [-0.2, -0.15) is 0 Å². The Bertz CT molecular complexity index is 336. The van der Waals surface area contributed by atoms with Gasteiger partial charge in [0.2, 0.25) is 0 Å². The van der Waals surface area contributed by atoms with E-state index in [2.05, 4.69) is 0 Å². The van der Waals surface area contributed by atoms with Crippen molar-refractivity contribution in [3.8, 4) is 0 Å². The van der Waals surface area contributed by atoms with E-state index in [0.29, 0.717) is 13.0 Å². The largest absolute Gasteiger partial charge is 0.302 e. The van der Waals surface area contributed by atoms with Crippen molar-refractivity contribution in [3.05, 3.63) is 35.9 Å². The Kier molecular flexibility index (Phi) is 2.92. The van der Waals surface area contributed by atoms with Gasteiger partial charge < -0.3 is 9.59 Å². The van der Waals surface area contributed by atoms with Crippen molar-refractivity contribution in [2.24, 2.45) is 0 Å². The third-order valence-electron chi connectivity index (χ3n) is 2.86. The van der Waals surface area contributed by atoms with Crippen LogP contribution in [0.3, 0.4) is 0 Å². The molecule has 0 aliphatic carbocycles. The quantitative estimate of drug-likeness (QED) is 0.686. The first kappa shape index (κ1) is 10.1. The number of carbonyl (C=O) groups is 2. The number of rotatable bonds is 4. The van der Waals surface area contributed by atoms with Crippen LogP contribution in [-0.2, 0) is 16.1 Å². The molecule has 2 rings (SSSR count). The van der Waals surface area contributed by atoms with Gasteiger partial charge in [0.15, 0.2) is 0 Å². The molecule has 0 radical (unpaired) electrons. The summed E-state index contributed by atoms with van der Waals surface area (Å²) in [5.74, 6) is 0. The van der Waals surface area contributed by atoms with E-state index in [1.165, 1.54) is 0 Å². The summed E-state index contributed by atoms with van der Waals surface area (Å²) < 4.78 is 0. The second kappa shape index (κ2) is 4.36. The van der Waals surface area contributed by atoms with Crippen LogP contribution < -0.4 is 0 Å². The standard InChI is InChI=1S/C12H13NO2/c14-8-11-6-12(9-15)13(11)7-10-4-2-1-3-5-10/h1-5,8-9,11-12H,6-7H2/t11-,12+. The van der Waals surface area contributed by atoms with Crippen LogP contribution in [0.15, 0.2) is 30.3 Å². The molecule has 1 saturated heterocycles. The van der Waals surface area contributed by atoms with E-state index in [0.717, 1.165) is 18.1 Å². The van der Waals surface area contributed by atoms with Crippen molar-refractivity contribution in [3.63, 3.8) is 0 Å². The topological polar surface area (TPSA) is 37.4 Å². The molecule has 0 spiro atoms. The van der Waals surface area contributed by atoms with E-state index in [1.807, 2.05) is 35.2 Å². The zero-order valence-electron chi connectivity index (χ0n) is 8.37. The molecule has 1 fully saturated rings. The lowest BCUT2D eigenvalue weighted by Crippen LogP contribution is -2.56. The number of hydrogen-bond acceptors (Lipinski definition) is 3. The van der Waals surface area contributed by atoms with Crippen LogP contribution in [-0.4, -0.2) is 29.6 Å². The highest BCUT2D eigenvalue weighted by Gasteiger charge is 2.37. The normalized spacial score (nSPS) is 25.6. The van der Waals surface area contributed by atoms with Crippen molar-refractivity contribution in [2.75, 3.05) is 0 Å². The van der Waals surface area contributed by atoms with E-state index in [-0.39, 0.29) is 12.1 Å². The maximum atomic E-state index is 10.7. The van der Waals surface area contributed by atoms with E-state index >= 15 is 0 Å². The van der Waals surface area contributed by atoms with E-state index in [4.69, 9.17) is 0 Å². The lowest BCUT2D eigenvalue weighted by atomic mass is 9.94. The Morgan fingerprint density at radius 2 is 1.73 bits per heavy atom. The van der Waals surface area contributed by atoms with Crippen molar-refractivity contribution >= 4 is 12.6 Å². The Labute approximate surface area is 88.7 Å². The van der Waals surface area contributed by atoms with Crippen LogP contribution in [0.1, 0.15) is 12.0 Å². The van der Waals surface area contributed by atoms with Crippen LogP contribution in [0.5, 0.6) is 0 Å². The molecule has 0 amide bonds. The minimum Gasteiger partial charge on any atom is -0.302 e. The first-order chi connectivity index (χ1) is 7.35. The summed E-state index contributed by atoms with van der Waals surface area (Å²) in [7, 11) is 0. The number of likely N-dealkylation sites (tertiary alicyclic amines) is 1. The zero-order chi connectivity index (χ0) is 10.7. The smallest absolute Gasteiger partial charge is 0.137 e. The average molecular weight is 203 g/mol. The van der Waals surface area contributed by atoms with E-state index < -0.39 is 0 Å². The van der Waals surface area contributed by atoms with Gasteiger partial charge in [0.1, 0.15) is 12.6 Å². The fourth-order valence-corrected chi connectivity index (χ4v) is 1.92. The molecule has 3 heteroatoms. The molecule has 1 aliphatic rings. The van der Waals surface area contributed by atoms with E-state index in [1.54, 1.807) is 0 Å². The Morgan fingerprint density at radius 1 is 1.13 bits per heavy atom. The lowest BCUT2D eigenvalue weighted by molar-refractivity contribution is -0.128. The molecule has 15 heavy (non-hydrogen) atoms. The number of hydrogen-bond donors (Lipinski definition) is 0. The summed E-state index contributed by atoms with van der Waals surface area (Å²) in [5, 5.41) is 0. The number of carbonyl (C=O) groups excluding carboxylic acids is 2. The lowest BCUT2D eigenvalue weighted by Gasteiger charge is -2.43. The summed E-state index contributed by atoms with van der Waals surface area (Å²) in [6, 6.07) is 9.71. The summed E-state index contributed by atoms with van der Waals surface area (Å²) in [6.45, 7) is 0.674. The van der Waals surface area contributed by atoms with Gasteiger partial charge in [0.25, 0.3) is 0 Å². The fourth-order valence-electron chi connectivity index (χ4n) is 1.92. The predicted octanol–water partition coefficient (Wildman–Crippen LogP) is 1.03. The van der Waals surface area contributed by atoms with Crippen molar-refractivity contribution in [1.82, 2.24) is 4.90 Å². The maximum Gasteiger partial charge on any atom is 0.137 e. The van der Waals surface area contributed by atoms with Crippen LogP contribution in [0.25, 0.3) is 0 Å². The van der Waals surface area contributed by atoms with Crippen LogP contribution >= 0.6 is 0 Å². The second-order valence-corrected chi connectivity index (χ2v) is 3.80. The maximum absolute atomic E-state index is 10.7. The van der Waals surface area contributed by atoms with Crippen LogP contribution in [0.2, 0.25) is 0 Å². The van der Waals surface area contributed by atoms with Crippen LogP contribution in [0.4, 0.5) is 0 Å². The van der Waals surface area contributed by atoms with Gasteiger partial charge in [-0.25, -0.2) is 0 Å². The molecule has 1 heterocycles. The average Bonchev–Trinajstić information content (AvgIpc) is 2.27. The minimum atomic E-state index is -0.0830. The molecule has 0 bridgehead atoms. The highest BCUT2D eigenvalue weighted by atomic mass is 16.1. The molecule has 0 N–H and O–H groups in total. The molecule has 0 aromatic heterocycles. The van der Waals surface area contributed by atoms with Gasteiger partial charge in [-0.15, -0.1) is 0 Å². The van der Waals surface area contributed by atoms with Crippen molar-refractivity contribution in [1.29, 1.82) is 0 Å². The Balaban J connectivity index is 2.04. The molecule has 1 aromatic carbocycles. The van der Waals surface area contributed by atoms with Gasteiger partial charge in [0, 0.05) is 6.54 Å². The predicted molar refractivity (Wildman–Crippen MR) is 56.3 cm³/mol. The Hall–Kier alpha value is -1.48. The van der Waals surface area contributed by atoms with Gasteiger partial charge >= 0.3 is 0 Å². The summed E-state index contributed by atoms with van der Waals surface area (Å²) >= 11 is 0. The first-order valence-electron chi connectivity index (χ1n) is 5.05. The van der Waals surface area contributed by atoms with Gasteiger partial charge in [-0.3, -0.25) is 4.90 Å². The molecular weight excluding hydrogens is 190 g/mol. The highest BCUT2D eigenvalue weighted by molar-refractivity contribution is 5.68. The second-order valence-electron chi connectivity index (χ2n) is 3.80. The first-order valence-corrected chi connectivity index (χ1v) is 5.05. The molecule has 1 aromatic rings. The molecular formula is C12H13NO2. The van der Waals surface area contributed by atoms with Crippen molar-refractivity contribution in [2.45, 2.75) is 25.0 Å². The highest BCUT2D eigenvalue weighted by Crippen LogP contribution is 2.25.